The van der Waals surface area contributed by atoms with Gasteiger partial charge in [-0.15, -0.1) is 0 Å². The molecule has 0 aliphatic carbocycles. The molecular formula is C10H19N3O3. The van der Waals surface area contributed by atoms with Gasteiger partial charge in [-0.1, -0.05) is 0 Å². The Hall–Kier alpha value is -0.870. The molecule has 6 nitrogen and oxygen atoms in total. The second-order valence-electron chi connectivity index (χ2n) is 3.92. The molecule has 1 aliphatic heterocycles. The second kappa shape index (κ2) is 7.41. The summed E-state index contributed by atoms with van der Waals surface area (Å²) in [4.78, 5) is 4.33. The standard InChI is InChI=1S/C10H19N3O3/c11-9-16-8-10(15)7-13-3-1-12(2-4-13)5-6-14/h10,14-15H,1-8H2. The first-order chi connectivity index (χ1) is 7.76. The van der Waals surface area contributed by atoms with Gasteiger partial charge in [0.05, 0.1) is 6.61 Å². The van der Waals surface area contributed by atoms with Gasteiger partial charge in [0.2, 0.25) is 0 Å². The number of β-amino-alcohol motifs (C(OH)–C–C–N with tert-alkyl or cyclic N) is 2. The van der Waals surface area contributed by atoms with Crippen molar-refractivity contribution >= 4 is 0 Å². The summed E-state index contributed by atoms with van der Waals surface area (Å²) < 4.78 is 4.48. The fourth-order valence-electron chi connectivity index (χ4n) is 1.82. The minimum Gasteiger partial charge on any atom is -0.425 e. The Morgan fingerprint density at radius 1 is 1.25 bits per heavy atom. The minimum absolute atomic E-state index is 0.0629. The maximum atomic E-state index is 9.53. The first kappa shape index (κ1) is 13.2. The van der Waals surface area contributed by atoms with Gasteiger partial charge in [0, 0.05) is 39.3 Å². The van der Waals surface area contributed by atoms with Crippen LogP contribution < -0.4 is 0 Å². The average molecular weight is 229 g/mol. The molecule has 1 unspecified atom stereocenters. The van der Waals surface area contributed by atoms with E-state index in [0.29, 0.717) is 13.1 Å². The molecule has 0 amide bonds. The number of ether oxygens (including phenoxy) is 1. The third-order valence-electron chi connectivity index (χ3n) is 2.69. The molecule has 2 N–H and O–H groups in total. The maximum Gasteiger partial charge on any atom is 0.286 e. The summed E-state index contributed by atoms with van der Waals surface area (Å²) in [6.45, 7) is 5.08. The van der Waals surface area contributed by atoms with Crippen molar-refractivity contribution in [3.05, 3.63) is 0 Å². The van der Waals surface area contributed by atoms with E-state index in [1.165, 1.54) is 0 Å². The van der Waals surface area contributed by atoms with E-state index in [2.05, 4.69) is 14.5 Å². The molecule has 0 radical (unpaired) electrons. The molecule has 6 heteroatoms. The highest BCUT2D eigenvalue weighted by Gasteiger charge is 2.18. The van der Waals surface area contributed by atoms with Gasteiger partial charge in [0.15, 0.2) is 0 Å². The smallest absolute Gasteiger partial charge is 0.286 e. The molecule has 1 heterocycles. The second-order valence-corrected chi connectivity index (χ2v) is 3.92. The summed E-state index contributed by atoms with van der Waals surface area (Å²) >= 11 is 0. The van der Waals surface area contributed by atoms with Crippen LogP contribution in [0.4, 0.5) is 0 Å². The van der Waals surface area contributed by atoms with Crippen LogP contribution in [0.25, 0.3) is 0 Å². The number of rotatable bonds is 6. The van der Waals surface area contributed by atoms with Crippen LogP contribution in [0.15, 0.2) is 0 Å². The monoisotopic (exact) mass is 229 g/mol. The van der Waals surface area contributed by atoms with Gasteiger partial charge in [-0.25, -0.2) is 0 Å². The lowest BCUT2D eigenvalue weighted by atomic mass is 10.2. The minimum atomic E-state index is -0.607. The molecule has 1 saturated heterocycles. The number of hydrogen-bond acceptors (Lipinski definition) is 6. The van der Waals surface area contributed by atoms with Crippen LogP contribution >= 0.6 is 0 Å². The van der Waals surface area contributed by atoms with Gasteiger partial charge in [-0.3, -0.25) is 9.80 Å². The first-order valence-corrected chi connectivity index (χ1v) is 5.50. The number of piperazine rings is 1. The largest absolute Gasteiger partial charge is 0.425 e. The van der Waals surface area contributed by atoms with E-state index in [0.717, 1.165) is 26.2 Å². The van der Waals surface area contributed by atoms with Crippen molar-refractivity contribution < 1.29 is 14.9 Å². The summed E-state index contributed by atoms with van der Waals surface area (Å²) in [5.41, 5.74) is 0. The Bertz CT molecular complexity index is 224. The van der Waals surface area contributed by atoms with E-state index in [-0.39, 0.29) is 13.2 Å². The average Bonchev–Trinajstić information content (AvgIpc) is 2.29. The van der Waals surface area contributed by atoms with Gasteiger partial charge in [-0.2, -0.15) is 5.26 Å². The van der Waals surface area contributed by atoms with Gasteiger partial charge in [-0.05, 0) is 0 Å². The Kier molecular flexibility index (Phi) is 6.11. The van der Waals surface area contributed by atoms with Crippen molar-refractivity contribution in [1.29, 1.82) is 5.26 Å². The lowest BCUT2D eigenvalue weighted by Gasteiger charge is -2.35. The predicted octanol–water partition coefficient (Wildman–Crippen LogP) is -1.55. The summed E-state index contributed by atoms with van der Waals surface area (Å²) in [5.74, 6) is 0. The summed E-state index contributed by atoms with van der Waals surface area (Å²) in [7, 11) is 0. The molecule has 1 aliphatic rings. The normalized spacial score (nSPS) is 20.3. The van der Waals surface area contributed by atoms with E-state index in [9.17, 15) is 5.11 Å². The van der Waals surface area contributed by atoms with Crippen LogP contribution in [0.1, 0.15) is 0 Å². The zero-order valence-electron chi connectivity index (χ0n) is 9.38. The van der Waals surface area contributed by atoms with E-state index in [1.54, 1.807) is 6.26 Å². The molecule has 0 bridgehead atoms. The van der Waals surface area contributed by atoms with Gasteiger partial charge in [0.1, 0.15) is 12.7 Å². The zero-order chi connectivity index (χ0) is 11.8. The van der Waals surface area contributed by atoms with Gasteiger partial charge < -0.3 is 14.9 Å². The SMILES string of the molecule is N#COCC(O)CN1CCN(CCO)CC1. The first-order valence-electron chi connectivity index (χ1n) is 5.50. The van der Waals surface area contributed by atoms with Crippen LogP contribution in [-0.4, -0.2) is 78.6 Å². The number of aliphatic hydroxyl groups excluding tert-OH is 2. The van der Waals surface area contributed by atoms with E-state index in [1.807, 2.05) is 0 Å². The molecular weight excluding hydrogens is 210 g/mol. The van der Waals surface area contributed by atoms with Crippen LogP contribution in [0, 0.1) is 11.5 Å². The van der Waals surface area contributed by atoms with Crippen molar-refractivity contribution in [3.8, 4) is 6.26 Å². The third-order valence-corrected chi connectivity index (χ3v) is 2.69. The number of aliphatic hydroxyl groups is 2. The molecule has 0 saturated carbocycles. The Morgan fingerprint density at radius 3 is 2.44 bits per heavy atom. The van der Waals surface area contributed by atoms with E-state index in [4.69, 9.17) is 10.4 Å². The number of hydrogen-bond donors (Lipinski definition) is 2. The van der Waals surface area contributed by atoms with Gasteiger partial charge in [0.25, 0.3) is 6.26 Å². The lowest BCUT2D eigenvalue weighted by Crippen LogP contribution is -2.49. The fraction of sp³-hybridized carbons (Fsp3) is 0.900. The maximum absolute atomic E-state index is 9.53. The third kappa shape index (κ3) is 4.77. The van der Waals surface area contributed by atoms with Gasteiger partial charge >= 0.3 is 0 Å². The predicted molar refractivity (Wildman–Crippen MR) is 57.5 cm³/mol. The van der Waals surface area contributed by atoms with Crippen molar-refractivity contribution in [2.45, 2.75) is 6.10 Å². The van der Waals surface area contributed by atoms with Crippen LogP contribution in [0.3, 0.4) is 0 Å². The fourth-order valence-corrected chi connectivity index (χ4v) is 1.82. The van der Waals surface area contributed by atoms with Crippen molar-refractivity contribution in [2.24, 2.45) is 0 Å². The lowest BCUT2D eigenvalue weighted by molar-refractivity contribution is 0.0355. The molecule has 16 heavy (non-hydrogen) atoms. The molecule has 0 aromatic heterocycles. The van der Waals surface area contributed by atoms with E-state index < -0.39 is 6.10 Å². The van der Waals surface area contributed by atoms with Crippen molar-refractivity contribution in [3.63, 3.8) is 0 Å². The summed E-state index contributed by atoms with van der Waals surface area (Å²) in [6.07, 6.45) is 0.938. The van der Waals surface area contributed by atoms with Crippen LogP contribution in [0.2, 0.25) is 0 Å². The molecule has 1 atom stereocenters. The highest BCUT2D eigenvalue weighted by Crippen LogP contribution is 2.02. The number of nitrogens with zero attached hydrogens (tertiary/aromatic N) is 3. The van der Waals surface area contributed by atoms with Crippen LogP contribution in [-0.2, 0) is 4.74 Å². The Balaban J connectivity index is 2.14. The zero-order valence-corrected chi connectivity index (χ0v) is 9.38. The highest BCUT2D eigenvalue weighted by molar-refractivity contribution is 4.74. The van der Waals surface area contributed by atoms with Crippen molar-refractivity contribution in [1.82, 2.24) is 9.80 Å². The topological polar surface area (TPSA) is 80.0 Å². The summed E-state index contributed by atoms with van der Waals surface area (Å²) in [5, 5.41) is 26.5. The van der Waals surface area contributed by atoms with E-state index >= 15 is 0 Å². The summed E-state index contributed by atoms with van der Waals surface area (Å²) in [6, 6.07) is 0. The Morgan fingerprint density at radius 2 is 1.88 bits per heavy atom. The molecule has 92 valence electrons. The highest BCUT2D eigenvalue weighted by atomic mass is 16.5. The van der Waals surface area contributed by atoms with Crippen LogP contribution in [0.5, 0.6) is 0 Å². The molecule has 0 aromatic carbocycles. The molecule has 1 rings (SSSR count). The van der Waals surface area contributed by atoms with Crippen molar-refractivity contribution in [2.75, 3.05) is 52.5 Å². The molecule has 1 fully saturated rings. The Labute approximate surface area is 95.6 Å². The molecule has 0 spiro atoms. The number of nitriles is 1. The molecule has 0 aromatic rings. The quantitative estimate of drug-likeness (QED) is 0.537.